The molecule has 0 unspecified atom stereocenters. The smallest absolute Gasteiger partial charge is 0.255 e. The number of rotatable bonds is 4. The molecule has 116 valence electrons. The van der Waals surface area contributed by atoms with Gasteiger partial charge in [0.25, 0.3) is 5.91 Å². The van der Waals surface area contributed by atoms with Crippen molar-refractivity contribution in [3.63, 3.8) is 0 Å². The van der Waals surface area contributed by atoms with Gasteiger partial charge < -0.3 is 26.0 Å². The number of aromatic hydroxyl groups is 3. The van der Waals surface area contributed by atoms with Crippen LogP contribution < -0.4 is 10.6 Å². The van der Waals surface area contributed by atoms with Crippen LogP contribution in [0.1, 0.15) is 24.2 Å². The largest absolute Gasteiger partial charge is 0.506 e. The first-order valence-corrected chi connectivity index (χ1v) is 6.79. The molecule has 0 spiro atoms. The van der Waals surface area contributed by atoms with Gasteiger partial charge in [-0.3, -0.25) is 4.79 Å². The fourth-order valence-corrected chi connectivity index (χ4v) is 1.91. The fourth-order valence-electron chi connectivity index (χ4n) is 1.91. The lowest BCUT2D eigenvalue weighted by atomic mass is 10.1. The second kappa shape index (κ2) is 6.26. The minimum absolute atomic E-state index is 0.0625. The van der Waals surface area contributed by atoms with E-state index in [9.17, 15) is 20.1 Å². The zero-order chi connectivity index (χ0) is 16.3. The van der Waals surface area contributed by atoms with E-state index < -0.39 is 5.91 Å². The number of hydrogen-bond donors (Lipinski definition) is 5. The van der Waals surface area contributed by atoms with Gasteiger partial charge in [-0.1, -0.05) is 0 Å². The van der Waals surface area contributed by atoms with Crippen LogP contribution in [-0.4, -0.2) is 27.3 Å². The van der Waals surface area contributed by atoms with Crippen molar-refractivity contribution >= 4 is 17.3 Å². The normalized spacial score (nSPS) is 10.5. The van der Waals surface area contributed by atoms with Crippen LogP contribution >= 0.6 is 0 Å². The lowest BCUT2D eigenvalue weighted by molar-refractivity contribution is 0.102. The predicted molar refractivity (Wildman–Crippen MR) is 84.6 cm³/mol. The lowest BCUT2D eigenvalue weighted by Gasteiger charge is -2.13. The minimum Gasteiger partial charge on any atom is -0.506 e. The van der Waals surface area contributed by atoms with Gasteiger partial charge in [-0.05, 0) is 44.2 Å². The molecule has 0 saturated heterocycles. The van der Waals surface area contributed by atoms with E-state index in [0.717, 1.165) is 0 Å². The molecule has 2 aromatic rings. The Labute approximate surface area is 128 Å². The summed E-state index contributed by atoms with van der Waals surface area (Å²) in [5, 5.41) is 34.1. The van der Waals surface area contributed by atoms with Crippen molar-refractivity contribution in [1.29, 1.82) is 0 Å². The molecule has 1 amide bonds. The van der Waals surface area contributed by atoms with E-state index in [1.54, 1.807) is 6.07 Å². The van der Waals surface area contributed by atoms with Gasteiger partial charge in [-0.15, -0.1) is 0 Å². The van der Waals surface area contributed by atoms with E-state index in [1.165, 1.54) is 30.3 Å². The maximum absolute atomic E-state index is 12.2. The van der Waals surface area contributed by atoms with Crippen LogP contribution in [0.4, 0.5) is 11.4 Å². The Kier molecular flexibility index (Phi) is 4.41. The Hall–Kier alpha value is -2.89. The van der Waals surface area contributed by atoms with Gasteiger partial charge in [0.05, 0.1) is 5.69 Å². The van der Waals surface area contributed by atoms with E-state index in [2.05, 4.69) is 10.6 Å². The van der Waals surface area contributed by atoms with Crippen molar-refractivity contribution in [3.05, 3.63) is 42.0 Å². The fraction of sp³-hybridized carbons (Fsp3) is 0.188. The molecule has 0 aliphatic rings. The van der Waals surface area contributed by atoms with Gasteiger partial charge in [-0.2, -0.15) is 0 Å². The number of carbonyl (C=O) groups is 1. The molecule has 0 fully saturated rings. The molecule has 0 aliphatic heterocycles. The van der Waals surface area contributed by atoms with Crippen LogP contribution in [-0.2, 0) is 0 Å². The molecule has 2 rings (SSSR count). The molecule has 0 saturated carbocycles. The van der Waals surface area contributed by atoms with Crippen molar-refractivity contribution in [2.24, 2.45) is 0 Å². The Morgan fingerprint density at radius 2 is 1.64 bits per heavy atom. The van der Waals surface area contributed by atoms with E-state index in [0.29, 0.717) is 16.9 Å². The zero-order valence-electron chi connectivity index (χ0n) is 12.3. The van der Waals surface area contributed by atoms with E-state index in [4.69, 9.17) is 0 Å². The first-order valence-electron chi connectivity index (χ1n) is 6.79. The summed E-state index contributed by atoms with van der Waals surface area (Å²) in [6, 6.07) is 8.60. The van der Waals surface area contributed by atoms with E-state index in [-0.39, 0.29) is 23.3 Å². The summed E-state index contributed by atoms with van der Waals surface area (Å²) in [4.78, 5) is 12.2. The highest BCUT2D eigenvalue weighted by atomic mass is 16.3. The van der Waals surface area contributed by atoms with Crippen LogP contribution in [0.5, 0.6) is 17.2 Å². The maximum atomic E-state index is 12.2. The highest BCUT2D eigenvalue weighted by molar-refractivity contribution is 6.05. The van der Waals surface area contributed by atoms with Gasteiger partial charge in [0, 0.05) is 23.4 Å². The van der Waals surface area contributed by atoms with Gasteiger partial charge in [0.15, 0.2) is 11.5 Å². The maximum Gasteiger partial charge on any atom is 0.255 e. The molecular formula is C16H18N2O4. The lowest BCUT2D eigenvalue weighted by Crippen LogP contribution is -2.14. The third kappa shape index (κ3) is 3.60. The molecule has 6 heteroatoms. The summed E-state index contributed by atoms with van der Waals surface area (Å²) in [6.07, 6.45) is 0. The second-order valence-electron chi connectivity index (χ2n) is 5.19. The molecule has 0 atom stereocenters. The standard InChI is InChI=1S/C16H18N2O4/c1-9(2)17-12-7-10(3-5-13(12)19)16(22)18-11-4-6-14(20)15(21)8-11/h3-9,17,19-21H,1-2H3,(H,18,22). The van der Waals surface area contributed by atoms with Crippen molar-refractivity contribution in [2.75, 3.05) is 10.6 Å². The summed E-state index contributed by atoms with van der Waals surface area (Å²) in [5.41, 5.74) is 1.18. The molecule has 5 N–H and O–H groups in total. The number of carbonyl (C=O) groups excluding carboxylic acids is 1. The average molecular weight is 302 g/mol. The summed E-state index contributed by atoms with van der Waals surface area (Å²) in [7, 11) is 0. The molecule has 0 aromatic heterocycles. The zero-order valence-corrected chi connectivity index (χ0v) is 12.3. The first-order chi connectivity index (χ1) is 10.4. The molecular weight excluding hydrogens is 284 g/mol. The van der Waals surface area contributed by atoms with E-state index in [1.807, 2.05) is 13.8 Å². The molecule has 2 aromatic carbocycles. The summed E-state index contributed by atoms with van der Waals surface area (Å²) in [5.74, 6) is -0.902. The van der Waals surface area contributed by atoms with Crippen LogP contribution in [0.2, 0.25) is 0 Å². The van der Waals surface area contributed by atoms with Crippen molar-refractivity contribution in [2.45, 2.75) is 19.9 Å². The number of hydrogen-bond acceptors (Lipinski definition) is 5. The Balaban J connectivity index is 2.20. The van der Waals surface area contributed by atoms with Gasteiger partial charge >= 0.3 is 0 Å². The van der Waals surface area contributed by atoms with Crippen LogP contribution in [0.15, 0.2) is 36.4 Å². The van der Waals surface area contributed by atoms with Crippen molar-refractivity contribution in [1.82, 2.24) is 0 Å². The highest BCUT2D eigenvalue weighted by Gasteiger charge is 2.11. The number of amides is 1. The summed E-state index contributed by atoms with van der Waals surface area (Å²) < 4.78 is 0. The van der Waals surface area contributed by atoms with Crippen LogP contribution in [0.25, 0.3) is 0 Å². The number of nitrogens with one attached hydrogen (secondary N) is 2. The molecule has 0 heterocycles. The number of anilines is 2. The van der Waals surface area contributed by atoms with Gasteiger partial charge in [0.2, 0.25) is 0 Å². The summed E-state index contributed by atoms with van der Waals surface area (Å²) >= 11 is 0. The molecule has 22 heavy (non-hydrogen) atoms. The Morgan fingerprint density at radius 1 is 0.955 bits per heavy atom. The third-order valence-electron chi connectivity index (χ3n) is 2.94. The minimum atomic E-state index is -0.392. The predicted octanol–water partition coefficient (Wildman–Crippen LogP) is 2.88. The van der Waals surface area contributed by atoms with Crippen LogP contribution in [0.3, 0.4) is 0 Å². The number of phenols is 3. The topological polar surface area (TPSA) is 102 Å². The Morgan fingerprint density at radius 3 is 2.27 bits per heavy atom. The van der Waals surface area contributed by atoms with Crippen LogP contribution in [0, 0.1) is 0 Å². The second-order valence-corrected chi connectivity index (χ2v) is 5.19. The van der Waals surface area contributed by atoms with Crippen molar-refractivity contribution in [3.8, 4) is 17.2 Å². The van der Waals surface area contributed by atoms with Gasteiger partial charge in [0.1, 0.15) is 5.75 Å². The molecule has 0 radical (unpaired) electrons. The number of benzene rings is 2. The van der Waals surface area contributed by atoms with Crippen molar-refractivity contribution < 1.29 is 20.1 Å². The third-order valence-corrected chi connectivity index (χ3v) is 2.94. The van der Waals surface area contributed by atoms with Gasteiger partial charge in [-0.25, -0.2) is 0 Å². The van der Waals surface area contributed by atoms with E-state index >= 15 is 0 Å². The number of phenolic OH excluding ortho intramolecular Hbond substituents is 3. The molecule has 0 aliphatic carbocycles. The first kappa shape index (κ1) is 15.5. The highest BCUT2D eigenvalue weighted by Crippen LogP contribution is 2.28. The summed E-state index contributed by atoms with van der Waals surface area (Å²) in [6.45, 7) is 3.84. The quantitative estimate of drug-likeness (QED) is 0.441. The molecule has 6 nitrogen and oxygen atoms in total. The average Bonchev–Trinajstić information content (AvgIpc) is 2.44. The Bertz CT molecular complexity index is 699. The monoisotopic (exact) mass is 302 g/mol. The SMILES string of the molecule is CC(C)Nc1cc(C(=O)Nc2ccc(O)c(O)c2)ccc1O. The molecule has 0 bridgehead atoms.